The molecule has 2 amide bonds. The fraction of sp³-hybridized carbons (Fsp3) is 0.481. The molecule has 6 heteroatoms. The van der Waals surface area contributed by atoms with Gasteiger partial charge >= 0.3 is 0 Å². The summed E-state index contributed by atoms with van der Waals surface area (Å²) in [6, 6.07) is 13.6. The van der Waals surface area contributed by atoms with Crippen LogP contribution in [0.1, 0.15) is 73.7 Å². The van der Waals surface area contributed by atoms with Gasteiger partial charge in [0.05, 0.1) is 0 Å². The summed E-state index contributed by atoms with van der Waals surface area (Å²) in [6.07, 6.45) is 9.24. The zero-order valence-electron chi connectivity index (χ0n) is 19.1. The highest BCUT2D eigenvalue weighted by atomic mass is 19.1. The van der Waals surface area contributed by atoms with Crippen molar-refractivity contribution in [1.29, 1.82) is 0 Å². The number of nitrogens with one attached hydrogen (secondary N) is 1. The Morgan fingerprint density at radius 2 is 1.64 bits per heavy atom. The maximum atomic E-state index is 13.6. The molecule has 2 fully saturated rings. The molecule has 4 rings (SSSR count). The fourth-order valence-electron chi connectivity index (χ4n) is 5.13. The third kappa shape index (κ3) is 6.20. The molecule has 2 aliphatic rings. The van der Waals surface area contributed by atoms with Crippen molar-refractivity contribution in [2.75, 3.05) is 5.32 Å². The number of benzene rings is 2. The molecular formula is C27H34FN3O2. The van der Waals surface area contributed by atoms with Gasteiger partial charge in [0.2, 0.25) is 5.91 Å². The van der Waals surface area contributed by atoms with Crippen LogP contribution in [0.25, 0.3) is 0 Å². The largest absolute Gasteiger partial charge is 0.335 e. The molecular weight excluding hydrogens is 417 g/mol. The van der Waals surface area contributed by atoms with E-state index >= 15 is 0 Å². The van der Waals surface area contributed by atoms with Crippen LogP contribution < -0.4 is 11.1 Å². The van der Waals surface area contributed by atoms with Gasteiger partial charge in [-0.15, -0.1) is 0 Å². The topological polar surface area (TPSA) is 75.4 Å². The molecule has 0 bridgehead atoms. The highest BCUT2D eigenvalue weighted by Crippen LogP contribution is 2.30. The van der Waals surface area contributed by atoms with Crippen LogP contribution in [-0.2, 0) is 11.3 Å². The SMILES string of the molecule is NC1CCC(N(Cc2cccc(NC(=O)c3ccc(F)cc3)c2)C(=O)C2CCCCC2)CC1. The van der Waals surface area contributed by atoms with E-state index in [0.29, 0.717) is 17.8 Å². The molecule has 0 aliphatic heterocycles. The van der Waals surface area contributed by atoms with Gasteiger partial charge in [0, 0.05) is 35.8 Å². The van der Waals surface area contributed by atoms with Gasteiger partial charge in [-0.1, -0.05) is 31.4 Å². The summed E-state index contributed by atoms with van der Waals surface area (Å²) >= 11 is 0. The second-order valence-corrected chi connectivity index (χ2v) is 9.53. The Balaban J connectivity index is 1.48. The van der Waals surface area contributed by atoms with Gasteiger partial charge in [-0.2, -0.15) is 0 Å². The average molecular weight is 452 g/mol. The van der Waals surface area contributed by atoms with Gasteiger partial charge < -0.3 is 16.0 Å². The Labute approximate surface area is 195 Å². The van der Waals surface area contributed by atoms with Gasteiger partial charge in [0.15, 0.2) is 0 Å². The molecule has 0 heterocycles. The van der Waals surface area contributed by atoms with E-state index in [2.05, 4.69) is 10.2 Å². The summed E-state index contributed by atoms with van der Waals surface area (Å²) in [5, 5.41) is 2.89. The van der Waals surface area contributed by atoms with Crippen LogP contribution >= 0.6 is 0 Å². The van der Waals surface area contributed by atoms with Crippen LogP contribution in [-0.4, -0.2) is 28.8 Å². The third-order valence-electron chi connectivity index (χ3n) is 7.06. The molecule has 2 aliphatic carbocycles. The minimum atomic E-state index is -0.375. The van der Waals surface area contributed by atoms with E-state index in [-0.39, 0.29) is 35.6 Å². The number of hydrogen-bond acceptors (Lipinski definition) is 3. The standard InChI is InChI=1S/C27H34FN3O2/c28-22-11-9-20(10-12-22)26(32)30-24-8-4-5-19(17-24)18-31(25-15-13-23(29)14-16-25)27(33)21-6-2-1-3-7-21/h4-5,8-12,17,21,23,25H,1-3,6-7,13-16,18,29H2,(H,30,32). The lowest BCUT2D eigenvalue weighted by atomic mass is 9.85. The number of amides is 2. The molecule has 0 radical (unpaired) electrons. The number of nitrogens with zero attached hydrogens (tertiary/aromatic N) is 1. The maximum Gasteiger partial charge on any atom is 0.255 e. The van der Waals surface area contributed by atoms with E-state index in [1.807, 2.05) is 24.3 Å². The second-order valence-electron chi connectivity index (χ2n) is 9.53. The molecule has 2 aromatic carbocycles. The fourth-order valence-corrected chi connectivity index (χ4v) is 5.13. The number of rotatable bonds is 6. The van der Waals surface area contributed by atoms with Crippen LogP contribution in [0, 0.1) is 11.7 Å². The molecule has 3 N–H and O–H groups in total. The maximum absolute atomic E-state index is 13.6. The molecule has 2 saturated carbocycles. The lowest BCUT2D eigenvalue weighted by Gasteiger charge is -2.39. The summed E-state index contributed by atoms with van der Waals surface area (Å²) in [4.78, 5) is 28.2. The number of nitrogens with two attached hydrogens (primary N) is 1. The third-order valence-corrected chi connectivity index (χ3v) is 7.06. The van der Waals surface area contributed by atoms with Crippen molar-refractivity contribution >= 4 is 17.5 Å². The van der Waals surface area contributed by atoms with Crippen LogP contribution in [0.15, 0.2) is 48.5 Å². The number of halogens is 1. The van der Waals surface area contributed by atoms with Crippen molar-refractivity contribution in [3.8, 4) is 0 Å². The minimum Gasteiger partial charge on any atom is -0.335 e. The molecule has 0 saturated heterocycles. The van der Waals surface area contributed by atoms with Crippen molar-refractivity contribution in [3.63, 3.8) is 0 Å². The molecule has 0 atom stereocenters. The summed E-state index contributed by atoms with van der Waals surface area (Å²) < 4.78 is 13.2. The number of carbonyl (C=O) groups is 2. The van der Waals surface area contributed by atoms with E-state index < -0.39 is 0 Å². The lowest BCUT2D eigenvalue weighted by Crippen LogP contribution is -2.46. The smallest absolute Gasteiger partial charge is 0.255 e. The highest BCUT2D eigenvalue weighted by molar-refractivity contribution is 6.04. The molecule has 176 valence electrons. The molecule has 33 heavy (non-hydrogen) atoms. The average Bonchev–Trinajstić information content (AvgIpc) is 2.84. The molecule has 0 aromatic heterocycles. The molecule has 0 spiro atoms. The first-order chi connectivity index (χ1) is 16.0. The van der Waals surface area contributed by atoms with E-state index in [9.17, 15) is 14.0 Å². The summed E-state index contributed by atoms with van der Waals surface area (Å²) in [7, 11) is 0. The van der Waals surface area contributed by atoms with Gasteiger partial charge in [0.1, 0.15) is 5.82 Å². The van der Waals surface area contributed by atoms with E-state index in [1.54, 1.807) is 0 Å². The van der Waals surface area contributed by atoms with Crippen molar-refractivity contribution in [1.82, 2.24) is 4.90 Å². The Hall–Kier alpha value is -2.73. The zero-order chi connectivity index (χ0) is 23.2. The Morgan fingerprint density at radius 3 is 2.33 bits per heavy atom. The van der Waals surface area contributed by atoms with Gasteiger partial charge in [-0.25, -0.2) is 4.39 Å². The Bertz CT molecular complexity index is 948. The van der Waals surface area contributed by atoms with E-state index in [4.69, 9.17) is 5.73 Å². The minimum absolute atomic E-state index is 0.121. The Morgan fingerprint density at radius 1 is 0.939 bits per heavy atom. The molecule has 5 nitrogen and oxygen atoms in total. The van der Waals surface area contributed by atoms with Crippen LogP contribution in [0.4, 0.5) is 10.1 Å². The van der Waals surface area contributed by atoms with Crippen molar-refractivity contribution in [2.45, 2.75) is 76.4 Å². The number of hydrogen-bond donors (Lipinski definition) is 2. The first-order valence-corrected chi connectivity index (χ1v) is 12.2. The van der Waals surface area contributed by atoms with Crippen LogP contribution in [0.2, 0.25) is 0 Å². The highest BCUT2D eigenvalue weighted by Gasteiger charge is 2.32. The first-order valence-electron chi connectivity index (χ1n) is 12.2. The van der Waals surface area contributed by atoms with Gasteiger partial charge in [-0.05, 0) is 80.5 Å². The van der Waals surface area contributed by atoms with Crippen LogP contribution in [0.3, 0.4) is 0 Å². The normalized spacial score (nSPS) is 21.4. The summed E-state index contributed by atoms with van der Waals surface area (Å²) in [5.41, 5.74) is 8.18. The van der Waals surface area contributed by atoms with Crippen molar-refractivity contribution in [2.24, 2.45) is 11.7 Å². The predicted molar refractivity (Wildman–Crippen MR) is 128 cm³/mol. The van der Waals surface area contributed by atoms with E-state index in [0.717, 1.165) is 56.9 Å². The zero-order valence-corrected chi connectivity index (χ0v) is 19.1. The van der Waals surface area contributed by atoms with Gasteiger partial charge in [0.25, 0.3) is 5.91 Å². The molecule has 0 unspecified atom stereocenters. The second kappa shape index (κ2) is 10.9. The molecule has 2 aromatic rings. The summed E-state index contributed by atoms with van der Waals surface area (Å²) in [5.74, 6) is -0.268. The lowest BCUT2D eigenvalue weighted by molar-refractivity contribution is -0.140. The monoisotopic (exact) mass is 451 g/mol. The number of carbonyl (C=O) groups excluding carboxylic acids is 2. The van der Waals surface area contributed by atoms with E-state index in [1.165, 1.54) is 30.7 Å². The van der Waals surface area contributed by atoms with Gasteiger partial charge in [-0.3, -0.25) is 9.59 Å². The number of anilines is 1. The summed E-state index contributed by atoms with van der Waals surface area (Å²) in [6.45, 7) is 0.537. The van der Waals surface area contributed by atoms with Crippen molar-refractivity contribution in [3.05, 3.63) is 65.5 Å². The predicted octanol–water partition coefficient (Wildman–Crippen LogP) is 5.26. The van der Waals surface area contributed by atoms with Crippen LogP contribution in [0.5, 0.6) is 0 Å². The Kier molecular flexibility index (Phi) is 7.76. The first kappa shape index (κ1) is 23.4. The quantitative estimate of drug-likeness (QED) is 0.629. The van der Waals surface area contributed by atoms with Crippen molar-refractivity contribution < 1.29 is 14.0 Å².